The van der Waals surface area contributed by atoms with Gasteiger partial charge in [-0.1, -0.05) is 6.07 Å². The maximum atomic E-state index is 4.71. The Hall–Kier alpha value is -1.39. The molecule has 2 aromatic rings. The second kappa shape index (κ2) is 4.62. The number of piperazine rings is 1. The third-order valence-corrected chi connectivity index (χ3v) is 3.97. The number of rotatable bonds is 2. The molecule has 0 saturated carbocycles. The fourth-order valence-electron chi connectivity index (χ4n) is 2.74. The van der Waals surface area contributed by atoms with Crippen LogP contribution in [0.5, 0.6) is 0 Å². The number of hydrogen-bond acceptors (Lipinski definition) is 3. The van der Waals surface area contributed by atoms with Gasteiger partial charge < -0.3 is 9.72 Å². The van der Waals surface area contributed by atoms with Gasteiger partial charge >= 0.3 is 0 Å². The number of nitrogens with one attached hydrogen (secondary N) is 1. The van der Waals surface area contributed by atoms with Crippen LogP contribution in [0.25, 0.3) is 5.65 Å². The van der Waals surface area contributed by atoms with Gasteiger partial charge in [-0.3, -0.25) is 4.90 Å². The van der Waals surface area contributed by atoms with Gasteiger partial charge in [-0.15, -0.1) is 0 Å². The van der Waals surface area contributed by atoms with Crippen LogP contribution >= 0.6 is 0 Å². The van der Waals surface area contributed by atoms with Gasteiger partial charge in [0.15, 0.2) is 0 Å². The predicted octanol–water partition coefficient (Wildman–Crippen LogP) is 1.83. The first-order valence-electron chi connectivity index (χ1n) is 6.95. The third kappa shape index (κ3) is 2.51. The summed E-state index contributed by atoms with van der Waals surface area (Å²) in [4.78, 5) is 7.23. The van der Waals surface area contributed by atoms with Crippen LogP contribution in [-0.4, -0.2) is 39.5 Å². The summed E-state index contributed by atoms with van der Waals surface area (Å²) in [6.45, 7) is 10.8. The van der Waals surface area contributed by atoms with E-state index < -0.39 is 0 Å². The number of imidazole rings is 1. The molecule has 0 aliphatic carbocycles. The van der Waals surface area contributed by atoms with Crippen LogP contribution in [0.2, 0.25) is 0 Å². The van der Waals surface area contributed by atoms with Gasteiger partial charge in [0.25, 0.3) is 0 Å². The van der Waals surface area contributed by atoms with Crippen molar-refractivity contribution in [2.75, 3.05) is 19.6 Å². The first kappa shape index (κ1) is 12.6. The van der Waals surface area contributed by atoms with E-state index in [9.17, 15) is 0 Å². The molecule has 0 radical (unpaired) electrons. The van der Waals surface area contributed by atoms with Gasteiger partial charge in [-0.2, -0.15) is 0 Å². The largest absolute Gasteiger partial charge is 0.314 e. The topological polar surface area (TPSA) is 32.6 Å². The zero-order valence-corrected chi connectivity index (χ0v) is 12.0. The molecule has 0 unspecified atom stereocenters. The fraction of sp³-hybridized carbons (Fsp3) is 0.533. The van der Waals surface area contributed by atoms with Crippen LogP contribution in [0.4, 0.5) is 0 Å². The van der Waals surface area contributed by atoms with Crippen LogP contribution in [0.3, 0.4) is 0 Å². The van der Waals surface area contributed by atoms with Crippen LogP contribution in [0.1, 0.15) is 25.1 Å². The molecular formula is C15H22N4. The van der Waals surface area contributed by atoms with Crippen LogP contribution in [0.15, 0.2) is 24.5 Å². The van der Waals surface area contributed by atoms with Gasteiger partial charge in [0.1, 0.15) is 5.65 Å². The van der Waals surface area contributed by atoms with Crippen LogP contribution in [-0.2, 0) is 6.54 Å². The Morgan fingerprint density at radius 1 is 1.32 bits per heavy atom. The average molecular weight is 258 g/mol. The smallest absolute Gasteiger partial charge is 0.137 e. The number of hydrogen-bond donors (Lipinski definition) is 1. The SMILES string of the molecule is Cc1ccc2nc(CN3CCNCC3(C)C)cn2c1. The number of aromatic nitrogens is 2. The van der Waals surface area contributed by atoms with E-state index in [4.69, 9.17) is 4.98 Å². The van der Waals surface area contributed by atoms with E-state index in [0.29, 0.717) is 0 Å². The molecule has 1 N–H and O–H groups in total. The summed E-state index contributed by atoms with van der Waals surface area (Å²) < 4.78 is 2.12. The number of pyridine rings is 1. The van der Waals surface area contributed by atoms with E-state index in [1.54, 1.807) is 0 Å². The van der Waals surface area contributed by atoms with Crippen molar-refractivity contribution in [3.8, 4) is 0 Å². The van der Waals surface area contributed by atoms with E-state index in [0.717, 1.165) is 37.5 Å². The maximum absolute atomic E-state index is 4.71. The minimum atomic E-state index is 0.198. The molecule has 0 amide bonds. The zero-order chi connectivity index (χ0) is 13.5. The highest BCUT2D eigenvalue weighted by Gasteiger charge is 2.29. The lowest BCUT2D eigenvalue weighted by Crippen LogP contribution is -2.57. The van der Waals surface area contributed by atoms with Crippen molar-refractivity contribution in [2.24, 2.45) is 0 Å². The molecule has 0 aromatic carbocycles. The minimum absolute atomic E-state index is 0.198. The third-order valence-electron chi connectivity index (χ3n) is 3.97. The molecule has 4 nitrogen and oxygen atoms in total. The van der Waals surface area contributed by atoms with Gasteiger partial charge in [-0.25, -0.2) is 4.98 Å². The molecule has 3 rings (SSSR count). The van der Waals surface area contributed by atoms with Crippen molar-refractivity contribution >= 4 is 5.65 Å². The van der Waals surface area contributed by atoms with Gasteiger partial charge in [0.05, 0.1) is 5.69 Å². The Morgan fingerprint density at radius 2 is 2.16 bits per heavy atom. The standard InChI is InChI=1S/C15H22N4/c1-12-4-5-14-17-13(9-18(14)8-12)10-19-7-6-16-11-15(19,2)3/h4-5,8-9,16H,6-7,10-11H2,1-3H3. The van der Waals surface area contributed by atoms with E-state index in [2.05, 4.69) is 59.9 Å². The second-order valence-corrected chi connectivity index (χ2v) is 6.11. The lowest BCUT2D eigenvalue weighted by atomic mass is 10.00. The number of fused-ring (bicyclic) bond motifs is 1. The maximum Gasteiger partial charge on any atom is 0.137 e. The Labute approximate surface area is 114 Å². The molecule has 3 heterocycles. The summed E-state index contributed by atoms with van der Waals surface area (Å²) in [7, 11) is 0. The Morgan fingerprint density at radius 3 is 2.95 bits per heavy atom. The molecule has 0 atom stereocenters. The lowest BCUT2D eigenvalue weighted by molar-refractivity contribution is 0.0816. The molecule has 4 heteroatoms. The molecule has 1 aliphatic heterocycles. The van der Waals surface area contributed by atoms with Crippen molar-refractivity contribution in [3.63, 3.8) is 0 Å². The van der Waals surface area contributed by atoms with Crippen molar-refractivity contribution in [1.82, 2.24) is 19.6 Å². The van der Waals surface area contributed by atoms with Crippen molar-refractivity contribution < 1.29 is 0 Å². The van der Waals surface area contributed by atoms with E-state index in [-0.39, 0.29) is 5.54 Å². The Kier molecular flexibility index (Phi) is 3.07. The highest BCUT2D eigenvalue weighted by molar-refractivity contribution is 5.41. The normalized spacial score (nSPS) is 19.9. The molecule has 1 saturated heterocycles. The molecule has 1 aliphatic rings. The fourth-order valence-corrected chi connectivity index (χ4v) is 2.74. The molecule has 1 fully saturated rings. The summed E-state index contributed by atoms with van der Waals surface area (Å²) in [5.41, 5.74) is 3.65. The van der Waals surface area contributed by atoms with E-state index in [1.165, 1.54) is 5.56 Å². The van der Waals surface area contributed by atoms with Crippen molar-refractivity contribution in [1.29, 1.82) is 0 Å². The van der Waals surface area contributed by atoms with Crippen LogP contribution < -0.4 is 5.32 Å². The van der Waals surface area contributed by atoms with Crippen molar-refractivity contribution in [3.05, 3.63) is 35.8 Å². The highest BCUT2D eigenvalue weighted by Crippen LogP contribution is 2.19. The van der Waals surface area contributed by atoms with E-state index in [1.807, 2.05) is 0 Å². The number of nitrogens with zero attached hydrogens (tertiary/aromatic N) is 3. The summed E-state index contributed by atoms with van der Waals surface area (Å²) in [6.07, 6.45) is 4.29. The minimum Gasteiger partial charge on any atom is -0.314 e. The number of aryl methyl sites for hydroxylation is 1. The lowest BCUT2D eigenvalue weighted by Gasteiger charge is -2.42. The van der Waals surface area contributed by atoms with Crippen molar-refractivity contribution in [2.45, 2.75) is 32.9 Å². The molecule has 2 aromatic heterocycles. The van der Waals surface area contributed by atoms with Gasteiger partial charge in [0.2, 0.25) is 0 Å². The van der Waals surface area contributed by atoms with Gasteiger partial charge in [0, 0.05) is 44.1 Å². The first-order chi connectivity index (χ1) is 9.04. The summed E-state index contributed by atoms with van der Waals surface area (Å²) in [5.74, 6) is 0. The summed E-state index contributed by atoms with van der Waals surface area (Å²) >= 11 is 0. The van der Waals surface area contributed by atoms with Crippen LogP contribution in [0, 0.1) is 6.92 Å². The van der Waals surface area contributed by atoms with Gasteiger partial charge in [-0.05, 0) is 32.4 Å². The molecule has 0 spiro atoms. The zero-order valence-electron chi connectivity index (χ0n) is 12.0. The molecular weight excluding hydrogens is 236 g/mol. The molecule has 0 bridgehead atoms. The predicted molar refractivity (Wildman–Crippen MR) is 77.3 cm³/mol. The monoisotopic (exact) mass is 258 g/mol. The second-order valence-electron chi connectivity index (χ2n) is 6.11. The molecule has 19 heavy (non-hydrogen) atoms. The Balaban J connectivity index is 1.84. The first-order valence-corrected chi connectivity index (χ1v) is 6.95. The quantitative estimate of drug-likeness (QED) is 0.892. The summed E-state index contributed by atoms with van der Waals surface area (Å²) in [5, 5.41) is 3.46. The molecule has 102 valence electrons. The summed E-state index contributed by atoms with van der Waals surface area (Å²) in [6, 6.07) is 4.20. The van der Waals surface area contributed by atoms with E-state index >= 15 is 0 Å². The average Bonchev–Trinajstić information content (AvgIpc) is 2.73. The Bertz CT molecular complexity index is 585. The highest BCUT2D eigenvalue weighted by atomic mass is 15.3.